The molecule has 0 aliphatic rings. The summed E-state index contributed by atoms with van der Waals surface area (Å²) in [4.78, 5) is 4.57. The van der Waals surface area contributed by atoms with E-state index in [4.69, 9.17) is 10.5 Å². The van der Waals surface area contributed by atoms with Gasteiger partial charge in [0.15, 0.2) is 0 Å². The highest BCUT2D eigenvalue weighted by Crippen LogP contribution is 2.20. The Morgan fingerprint density at radius 3 is 2.67 bits per heavy atom. The lowest BCUT2D eigenvalue weighted by molar-refractivity contribution is 0.289. The molecule has 2 aromatic heterocycles. The van der Waals surface area contributed by atoms with Crippen molar-refractivity contribution < 1.29 is 4.74 Å². The van der Waals surface area contributed by atoms with Gasteiger partial charge in [0.2, 0.25) is 0 Å². The lowest BCUT2D eigenvalue weighted by Crippen LogP contribution is -2.22. The third-order valence-corrected chi connectivity index (χ3v) is 3.53. The Labute approximate surface area is 126 Å². The van der Waals surface area contributed by atoms with Gasteiger partial charge in [-0.15, -0.1) is 0 Å². The van der Waals surface area contributed by atoms with Crippen molar-refractivity contribution in [2.75, 3.05) is 0 Å². The molecule has 0 aliphatic carbocycles. The molecular weight excluding hydrogens is 264 g/mol. The molecule has 1 unspecified atom stereocenters. The van der Waals surface area contributed by atoms with Crippen molar-refractivity contribution in [3.8, 4) is 5.75 Å². The molecule has 0 saturated carbocycles. The Morgan fingerprint density at radius 2 is 2.05 bits per heavy atom. The van der Waals surface area contributed by atoms with Gasteiger partial charge in [0.1, 0.15) is 12.4 Å². The van der Waals surface area contributed by atoms with Crippen molar-refractivity contribution in [3.05, 3.63) is 41.0 Å². The maximum Gasteiger partial charge on any atom is 0.141 e. The lowest BCUT2D eigenvalue weighted by Gasteiger charge is -2.14. The van der Waals surface area contributed by atoms with Gasteiger partial charge >= 0.3 is 0 Å². The second-order valence-electron chi connectivity index (χ2n) is 5.46. The summed E-state index contributed by atoms with van der Waals surface area (Å²) < 4.78 is 7.78. The molecule has 0 radical (unpaired) electrons. The van der Waals surface area contributed by atoms with Crippen LogP contribution in [0.4, 0.5) is 0 Å². The van der Waals surface area contributed by atoms with Crippen LogP contribution in [0.3, 0.4) is 0 Å². The van der Waals surface area contributed by atoms with Gasteiger partial charge in [-0.3, -0.25) is 9.67 Å². The predicted octanol–water partition coefficient (Wildman–Crippen LogP) is 2.29. The fourth-order valence-corrected chi connectivity index (χ4v) is 2.22. The van der Waals surface area contributed by atoms with Crippen LogP contribution in [0.25, 0.3) is 0 Å². The fraction of sp³-hybridized carbons (Fsp3) is 0.500. The van der Waals surface area contributed by atoms with Gasteiger partial charge in [0.05, 0.1) is 17.1 Å². The average molecular weight is 288 g/mol. The number of ether oxygens (including phenoxy) is 1. The second kappa shape index (κ2) is 6.72. The van der Waals surface area contributed by atoms with E-state index in [0.29, 0.717) is 6.61 Å². The zero-order valence-electron chi connectivity index (χ0n) is 13.3. The van der Waals surface area contributed by atoms with Crippen molar-refractivity contribution in [2.24, 2.45) is 12.8 Å². The minimum atomic E-state index is 0.112. The van der Waals surface area contributed by atoms with E-state index in [1.54, 1.807) is 0 Å². The molecule has 5 heteroatoms. The molecule has 0 aliphatic heterocycles. The van der Waals surface area contributed by atoms with Crippen molar-refractivity contribution in [2.45, 2.75) is 46.3 Å². The number of rotatable bonds is 6. The summed E-state index contributed by atoms with van der Waals surface area (Å²) >= 11 is 0. The molecule has 0 spiro atoms. The minimum Gasteiger partial charge on any atom is -0.485 e. The van der Waals surface area contributed by atoms with Gasteiger partial charge in [0.25, 0.3) is 0 Å². The maximum atomic E-state index is 6.05. The number of aromatic nitrogens is 3. The average Bonchev–Trinajstić information content (AvgIpc) is 2.76. The van der Waals surface area contributed by atoms with Crippen LogP contribution in [0.5, 0.6) is 5.75 Å². The lowest BCUT2D eigenvalue weighted by atomic mass is 10.1. The highest BCUT2D eigenvalue weighted by Gasteiger charge is 2.11. The first-order valence-corrected chi connectivity index (χ1v) is 7.34. The number of pyridine rings is 1. The van der Waals surface area contributed by atoms with Gasteiger partial charge < -0.3 is 10.5 Å². The van der Waals surface area contributed by atoms with Gasteiger partial charge in [0, 0.05) is 25.2 Å². The molecule has 1 atom stereocenters. The van der Waals surface area contributed by atoms with Crippen LogP contribution in [0.2, 0.25) is 0 Å². The summed E-state index contributed by atoms with van der Waals surface area (Å²) in [5, 5.41) is 4.32. The summed E-state index contributed by atoms with van der Waals surface area (Å²) in [6, 6.07) is 6.08. The van der Waals surface area contributed by atoms with E-state index in [9.17, 15) is 0 Å². The first kappa shape index (κ1) is 15.5. The van der Waals surface area contributed by atoms with Crippen LogP contribution < -0.4 is 10.5 Å². The Balaban J connectivity index is 2.13. The van der Waals surface area contributed by atoms with Crippen molar-refractivity contribution in [3.63, 3.8) is 0 Å². The Bertz CT molecular complexity index is 606. The molecule has 21 heavy (non-hydrogen) atoms. The molecule has 0 saturated heterocycles. The van der Waals surface area contributed by atoms with Crippen LogP contribution in [-0.4, -0.2) is 20.8 Å². The monoisotopic (exact) mass is 288 g/mol. The van der Waals surface area contributed by atoms with Gasteiger partial charge in [-0.25, -0.2) is 0 Å². The largest absolute Gasteiger partial charge is 0.485 e. The summed E-state index contributed by atoms with van der Waals surface area (Å²) in [6.07, 6.45) is 1.66. The van der Waals surface area contributed by atoms with Crippen LogP contribution >= 0.6 is 0 Å². The van der Waals surface area contributed by atoms with Gasteiger partial charge in [-0.2, -0.15) is 5.10 Å². The molecule has 114 valence electrons. The second-order valence-corrected chi connectivity index (χ2v) is 5.46. The quantitative estimate of drug-likeness (QED) is 0.885. The summed E-state index contributed by atoms with van der Waals surface area (Å²) in [6.45, 7) is 6.52. The number of hydrogen-bond donors (Lipinski definition) is 1. The molecular formula is C16H24N4O. The number of hydrogen-bond acceptors (Lipinski definition) is 4. The Morgan fingerprint density at radius 1 is 1.29 bits per heavy atom. The van der Waals surface area contributed by atoms with Crippen LogP contribution in [0.15, 0.2) is 18.2 Å². The molecule has 2 aromatic rings. The van der Waals surface area contributed by atoms with E-state index in [1.807, 2.05) is 43.8 Å². The molecule has 0 bridgehead atoms. The molecule has 5 nitrogen and oxygen atoms in total. The van der Waals surface area contributed by atoms with Crippen molar-refractivity contribution >= 4 is 0 Å². The zero-order chi connectivity index (χ0) is 15.4. The van der Waals surface area contributed by atoms with Gasteiger partial charge in [-0.05, 0) is 38.5 Å². The van der Waals surface area contributed by atoms with Gasteiger partial charge in [-0.1, -0.05) is 6.92 Å². The third kappa shape index (κ3) is 4.04. The van der Waals surface area contributed by atoms with E-state index in [2.05, 4.69) is 17.0 Å². The molecule has 0 aromatic carbocycles. The summed E-state index contributed by atoms with van der Waals surface area (Å²) in [5.41, 5.74) is 10.00. The maximum absolute atomic E-state index is 6.05. The van der Waals surface area contributed by atoms with E-state index in [1.165, 1.54) is 0 Å². The highest BCUT2D eigenvalue weighted by molar-refractivity contribution is 5.30. The zero-order valence-corrected chi connectivity index (χ0v) is 13.3. The summed E-state index contributed by atoms with van der Waals surface area (Å²) in [5.74, 6) is 0.809. The van der Waals surface area contributed by atoms with E-state index >= 15 is 0 Å². The van der Waals surface area contributed by atoms with Crippen molar-refractivity contribution in [1.29, 1.82) is 0 Å². The normalized spacial score (nSPS) is 12.4. The standard InChI is InChI=1S/C16H24N4O/c1-5-13(17)9-15-16(7-6-11(2)18-15)21-10-14-8-12(3)19-20(14)4/h6-8,13H,5,9-10,17H2,1-4H3. The van der Waals surface area contributed by atoms with Crippen LogP contribution in [0, 0.1) is 13.8 Å². The molecule has 0 fully saturated rings. The summed E-state index contributed by atoms with van der Waals surface area (Å²) in [7, 11) is 1.92. The topological polar surface area (TPSA) is 66.0 Å². The Hall–Kier alpha value is -1.88. The number of nitrogens with zero attached hydrogens (tertiary/aromatic N) is 3. The molecule has 2 heterocycles. The Kier molecular flexibility index (Phi) is 4.96. The van der Waals surface area contributed by atoms with Crippen LogP contribution in [-0.2, 0) is 20.1 Å². The molecule has 2 N–H and O–H groups in total. The molecule has 0 amide bonds. The smallest absolute Gasteiger partial charge is 0.141 e. The number of nitrogens with two attached hydrogens (primary N) is 1. The fourth-order valence-electron chi connectivity index (χ4n) is 2.22. The first-order valence-electron chi connectivity index (χ1n) is 7.34. The third-order valence-electron chi connectivity index (χ3n) is 3.53. The van der Waals surface area contributed by atoms with E-state index in [0.717, 1.165) is 41.4 Å². The van der Waals surface area contributed by atoms with E-state index in [-0.39, 0.29) is 6.04 Å². The van der Waals surface area contributed by atoms with E-state index < -0.39 is 0 Å². The molecule has 2 rings (SSSR count). The number of aryl methyl sites for hydroxylation is 3. The highest BCUT2D eigenvalue weighted by atomic mass is 16.5. The van der Waals surface area contributed by atoms with Crippen LogP contribution in [0.1, 0.15) is 36.1 Å². The predicted molar refractivity (Wildman–Crippen MR) is 83.2 cm³/mol. The van der Waals surface area contributed by atoms with Crippen molar-refractivity contribution in [1.82, 2.24) is 14.8 Å². The first-order chi connectivity index (χ1) is 9.99. The minimum absolute atomic E-state index is 0.112. The SMILES string of the molecule is CCC(N)Cc1nc(C)ccc1OCc1cc(C)nn1C.